The summed E-state index contributed by atoms with van der Waals surface area (Å²) in [5.41, 5.74) is 0. The molecule has 2 rings (SSSR count). The van der Waals surface area contributed by atoms with Gasteiger partial charge in [-0.2, -0.15) is 13.2 Å². The minimum absolute atomic E-state index is 0.0567. The number of carbonyl (C=O) groups is 2. The third-order valence-corrected chi connectivity index (χ3v) is 3.12. The highest BCUT2D eigenvalue weighted by molar-refractivity contribution is 5.82. The van der Waals surface area contributed by atoms with Crippen LogP contribution in [0.15, 0.2) is 0 Å². The van der Waals surface area contributed by atoms with E-state index < -0.39 is 12.1 Å². The minimum Gasteiger partial charge on any atom is -0.475 e. The van der Waals surface area contributed by atoms with Crippen molar-refractivity contribution in [1.29, 1.82) is 0 Å². The zero-order valence-electron chi connectivity index (χ0n) is 10.6. The number of carbonyl (C=O) groups excluding carboxylic acids is 1. The predicted molar refractivity (Wildman–Crippen MR) is 61.9 cm³/mol. The van der Waals surface area contributed by atoms with Crippen LogP contribution in [0, 0.1) is 0 Å². The number of aliphatic hydroxyl groups is 1. The molecule has 1 aliphatic heterocycles. The number of nitrogens with one attached hydrogen (secondary N) is 2. The Morgan fingerprint density at radius 2 is 1.80 bits per heavy atom. The largest absolute Gasteiger partial charge is 0.490 e. The monoisotopic (exact) mass is 298 g/mol. The lowest BCUT2D eigenvalue weighted by Gasteiger charge is -2.27. The van der Waals surface area contributed by atoms with Gasteiger partial charge in [0.1, 0.15) is 0 Å². The van der Waals surface area contributed by atoms with Gasteiger partial charge in [0.15, 0.2) is 0 Å². The van der Waals surface area contributed by atoms with Gasteiger partial charge in [0.25, 0.3) is 0 Å². The number of hydrogen-bond acceptors (Lipinski definition) is 4. The summed E-state index contributed by atoms with van der Waals surface area (Å²) < 4.78 is 31.7. The Kier molecular flexibility index (Phi) is 5.75. The molecule has 0 aromatic rings. The molecule has 116 valence electrons. The smallest absolute Gasteiger partial charge is 0.475 e. The van der Waals surface area contributed by atoms with Gasteiger partial charge in [-0.25, -0.2) is 4.79 Å². The lowest BCUT2D eigenvalue weighted by molar-refractivity contribution is -0.192. The van der Waals surface area contributed by atoms with E-state index in [9.17, 15) is 23.1 Å². The van der Waals surface area contributed by atoms with Gasteiger partial charge in [-0.15, -0.1) is 0 Å². The number of carboxylic acids is 1. The molecule has 0 unspecified atom stereocenters. The van der Waals surface area contributed by atoms with Gasteiger partial charge in [-0.3, -0.25) is 4.79 Å². The van der Waals surface area contributed by atoms with E-state index in [1.807, 2.05) is 0 Å². The summed E-state index contributed by atoms with van der Waals surface area (Å²) in [5, 5.41) is 22.3. The van der Waals surface area contributed by atoms with Crippen LogP contribution in [0.3, 0.4) is 0 Å². The molecule has 1 saturated carbocycles. The van der Waals surface area contributed by atoms with E-state index in [4.69, 9.17) is 9.90 Å². The molecule has 1 amide bonds. The van der Waals surface area contributed by atoms with Gasteiger partial charge in [0, 0.05) is 12.6 Å². The molecule has 2 fully saturated rings. The molecular formula is C11H17F3N2O4. The van der Waals surface area contributed by atoms with Crippen LogP contribution in [0.4, 0.5) is 13.2 Å². The van der Waals surface area contributed by atoms with Crippen LogP contribution in [0.5, 0.6) is 0 Å². The molecule has 1 heterocycles. The highest BCUT2D eigenvalue weighted by atomic mass is 19.4. The van der Waals surface area contributed by atoms with E-state index in [0.29, 0.717) is 19.0 Å². The van der Waals surface area contributed by atoms with Crippen LogP contribution in [-0.2, 0) is 9.59 Å². The van der Waals surface area contributed by atoms with Crippen LogP contribution in [-0.4, -0.2) is 53.0 Å². The molecule has 6 nitrogen and oxygen atoms in total. The molecule has 20 heavy (non-hydrogen) atoms. The number of carboxylic acid groups (broad SMARTS) is 1. The van der Waals surface area contributed by atoms with E-state index in [-0.39, 0.29) is 18.1 Å². The quantitative estimate of drug-likeness (QED) is 0.576. The molecule has 2 atom stereocenters. The fourth-order valence-corrected chi connectivity index (χ4v) is 1.77. The average molecular weight is 298 g/mol. The summed E-state index contributed by atoms with van der Waals surface area (Å²) in [6, 6.07) is 0.225. The Hall–Kier alpha value is -1.35. The molecule has 0 spiro atoms. The van der Waals surface area contributed by atoms with Crippen molar-refractivity contribution in [2.45, 2.75) is 50.0 Å². The molecule has 1 saturated heterocycles. The maximum absolute atomic E-state index is 11.5. The second-order valence-electron chi connectivity index (χ2n) is 4.79. The number of amides is 1. The van der Waals surface area contributed by atoms with E-state index in [2.05, 4.69) is 10.6 Å². The normalized spacial score (nSPS) is 26.2. The molecule has 9 heteroatoms. The molecular weight excluding hydrogens is 281 g/mol. The number of aliphatic hydroxyl groups excluding tert-OH is 1. The van der Waals surface area contributed by atoms with Crippen molar-refractivity contribution in [3.8, 4) is 0 Å². The van der Waals surface area contributed by atoms with Gasteiger partial charge in [-0.05, 0) is 25.7 Å². The number of aliphatic carboxylic acids is 1. The summed E-state index contributed by atoms with van der Waals surface area (Å²) in [6.45, 7) is 0.544. The highest BCUT2D eigenvalue weighted by Gasteiger charge is 2.38. The summed E-state index contributed by atoms with van der Waals surface area (Å²) >= 11 is 0. The first-order valence-electron chi connectivity index (χ1n) is 6.22. The van der Waals surface area contributed by atoms with Crippen molar-refractivity contribution < 1.29 is 33.0 Å². The zero-order valence-corrected chi connectivity index (χ0v) is 10.6. The molecule has 2 aliphatic rings. The molecule has 1 aliphatic carbocycles. The molecule has 0 aromatic carbocycles. The van der Waals surface area contributed by atoms with E-state index in [1.165, 1.54) is 6.42 Å². The van der Waals surface area contributed by atoms with Gasteiger partial charge in [-0.1, -0.05) is 0 Å². The first kappa shape index (κ1) is 16.7. The Morgan fingerprint density at radius 3 is 2.10 bits per heavy atom. The molecule has 0 aromatic heterocycles. The molecule has 0 radical (unpaired) electrons. The summed E-state index contributed by atoms with van der Waals surface area (Å²) in [6.07, 6.45) is -1.43. The average Bonchev–Trinajstić information content (AvgIpc) is 2.69. The predicted octanol–water partition coefficient (Wildman–Crippen LogP) is 0.0112. The lowest BCUT2D eigenvalue weighted by Crippen LogP contribution is -2.47. The Bertz CT molecular complexity index is 358. The maximum Gasteiger partial charge on any atom is 0.490 e. The molecule has 0 bridgehead atoms. The van der Waals surface area contributed by atoms with Gasteiger partial charge < -0.3 is 20.8 Å². The van der Waals surface area contributed by atoms with Gasteiger partial charge in [0.05, 0.1) is 12.1 Å². The van der Waals surface area contributed by atoms with Crippen LogP contribution < -0.4 is 10.6 Å². The zero-order chi connectivity index (χ0) is 15.3. The number of rotatable bonds is 2. The van der Waals surface area contributed by atoms with Crippen molar-refractivity contribution in [2.24, 2.45) is 0 Å². The second-order valence-corrected chi connectivity index (χ2v) is 4.79. The molecule has 4 N–H and O–H groups in total. The number of β-amino-alcohol motifs (C(OH)–C–C–N with tert-alkyl or cyclic N) is 1. The first-order chi connectivity index (χ1) is 9.20. The van der Waals surface area contributed by atoms with Crippen molar-refractivity contribution >= 4 is 11.9 Å². The van der Waals surface area contributed by atoms with Crippen molar-refractivity contribution in [3.05, 3.63) is 0 Å². The number of alkyl halides is 3. The number of hydrogen-bond donors (Lipinski definition) is 4. The van der Waals surface area contributed by atoms with E-state index in [0.717, 1.165) is 12.8 Å². The SMILES string of the molecule is O=C(NC1CCC1)[C@@H]1C[C@@H](O)CN1.O=C(O)C(F)(F)F. The number of halogens is 3. The van der Waals surface area contributed by atoms with Crippen LogP contribution in [0.2, 0.25) is 0 Å². The first-order valence-corrected chi connectivity index (χ1v) is 6.22. The topological polar surface area (TPSA) is 98.7 Å². The van der Waals surface area contributed by atoms with E-state index >= 15 is 0 Å². The Balaban J connectivity index is 0.000000246. The van der Waals surface area contributed by atoms with Gasteiger partial charge >= 0.3 is 12.1 Å². The fourth-order valence-electron chi connectivity index (χ4n) is 1.77. The third-order valence-electron chi connectivity index (χ3n) is 3.12. The van der Waals surface area contributed by atoms with Crippen LogP contribution >= 0.6 is 0 Å². The van der Waals surface area contributed by atoms with E-state index in [1.54, 1.807) is 0 Å². The summed E-state index contributed by atoms with van der Waals surface area (Å²) in [7, 11) is 0. The Morgan fingerprint density at radius 1 is 1.25 bits per heavy atom. The summed E-state index contributed by atoms with van der Waals surface area (Å²) in [4.78, 5) is 20.4. The van der Waals surface area contributed by atoms with Crippen molar-refractivity contribution in [2.75, 3.05) is 6.54 Å². The highest BCUT2D eigenvalue weighted by Crippen LogP contribution is 2.18. The van der Waals surface area contributed by atoms with Crippen molar-refractivity contribution in [1.82, 2.24) is 10.6 Å². The minimum atomic E-state index is -5.08. The van der Waals surface area contributed by atoms with Crippen LogP contribution in [0.25, 0.3) is 0 Å². The van der Waals surface area contributed by atoms with Crippen LogP contribution in [0.1, 0.15) is 25.7 Å². The second kappa shape index (κ2) is 6.89. The fraction of sp³-hybridized carbons (Fsp3) is 0.818. The van der Waals surface area contributed by atoms with Crippen molar-refractivity contribution in [3.63, 3.8) is 0 Å². The summed E-state index contributed by atoms with van der Waals surface area (Å²) in [5.74, 6) is -2.70. The standard InChI is InChI=1S/C9H16N2O2.C2HF3O2/c12-7-4-8(10-5-7)9(13)11-6-2-1-3-6;3-2(4,5)1(6)7/h6-8,10,12H,1-5H2,(H,11,13);(H,6,7)/t7-,8+;/m1./s1. The third kappa shape index (κ3) is 5.33. The maximum atomic E-state index is 11.5. The lowest BCUT2D eigenvalue weighted by atomic mass is 9.93. The van der Waals surface area contributed by atoms with Gasteiger partial charge in [0.2, 0.25) is 5.91 Å². The Labute approximate surface area is 113 Å².